The van der Waals surface area contributed by atoms with Gasteiger partial charge >= 0.3 is 0 Å². The number of aryl methyl sites for hydroxylation is 2. The quantitative estimate of drug-likeness (QED) is 0.510. The van der Waals surface area contributed by atoms with Crippen LogP contribution in [0.15, 0.2) is 12.1 Å². The van der Waals surface area contributed by atoms with Crippen molar-refractivity contribution in [2.75, 3.05) is 12.4 Å². The van der Waals surface area contributed by atoms with Crippen LogP contribution in [0.3, 0.4) is 0 Å². The molecule has 0 aliphatic heterocycles. The van der Waals surface area contributed by atoms with Gasteiger partial charge in [-0.25, -0.2) is 4.98 Å². The van der Waals surface area contributed by atoms with Gasteiger partial charge in [-0.2, -0.15) is 9.61 Å². The number of hydrogen-bond acceptors (Lipinski definition) is 4. The molecular formula is C22H26Cl2N4O. The summed E-state index contributed by atoms with van der Waals surface area (Å²) in [7, 11) is 1.58. The fraction of sp³-hybridized carbons (Fsp3) is 0.455. The Hall–Kier alpha value is -1.98. The van der Waals surface area contributed by atoms with E-state index >= 15 is 0 Å². The van der Waals surface area contributed by atoms with Gasteiger partial charge in [-0.3, -0.25) is 0 Å². The van der Waals surface area contributed by atoms with Crippen molar-refractivity contribution in [3.63, 3.8) is 0 Å². The van der Waals surface area contributed by atoms with Gasteiger partial charge in [0.15, 0.2) is 5.65 Å². The molecule has 0 saturated heterocycles. The summed E-state index contributed by atoms with van der Waals surface area (Å²) in [6.45, 7) is 6.40. The van der Waals surface area contributed by atoms with E-state index in [1.165, 1.54) is 5.56 Å². The first-order valence-corrected chi connectivity index (χ1v) is 10.9. The molecule has 2 heterocycles. The van der Waals surface area contributed by atoms with E-state index in [1.54, 1.807) is 13.2 Å². The van der Waals surface area contributed by atoms with Crippen LogP contribution in [0.5, 0.6) is 5.75 Å². The van der Waals surface area contributed by atoms with Crippen LogP contribution in [0, 0.1) is 6.92 Å². The van der Waals surface area contributed by atoms with Crippen molar-refractivity contribution >= 4 is 34.7 Å². The number of fused-ring (bicyclic) bond motifs is 2. The Morgan fingerprint density at radius 2 is 1.93 bits per heavy atom. The molecule has 29 heavy (non-hydrogen) atoms. The second-order valence-corrected chi connectivity index (χ2v) is 8.37. The Balaban J connectivity index is 1.96. The average Bonchev–Trinajstić information content (AvgIpc) is 3.30. The average molecular weight is 433 g/mol. The summed E-state index contributed by atoms with van der Waals surface area (Å²) < 4.78 is 7.26. The molecule has 4 rings (SSSR count). The number of nitrogens with one attached hydrogen (secondary N) is 1. The molecule has 7 heteroatoms. The van der Waals surface area contributed by atoms with Gasteiger partial charge in [-0.05, 0) is 45.1 Å². The Bertz CT molecular complexity index is 1070. The van der Waals surface area contributed by atoms with Crippen molar-refractivity contribution in [3.8, 4) is 16.9 Å². The molecule has 3 aromatic rings. The number of benzene rings is 1. The van der Waals surface area contributed by atoms with Gasteiger partial charge in [0.2, 0.25) is 0 Å². The second-order valence-electron chi connectivity index (χ2n) is 7.56. The summed E-state index contributed by atoms with van der Waals surface area (Å²) in [5.41, 5.74) is 5.88. The largest absolute Gasteiger partial charge is 0.495 e. The molecule has 0 fully saturated rings. The molecule has 0 unspecified atom stereocenters. The number of nitrogens with zero attached hydrogens (tertiary/aromatic N) is 3. The zero-order valence-corrected chi connectivity index (χ0v) is 18.8. The molecule has 0 saturated carbocycles. The van der Waals surface area contributed by atoms with Crippen molar-refractivity contribution in [1.29, 1.82) is 0 Å². The third kappa shape index (κ3) is 3.44. The maximum Gasteiger partial charge on any atom is 0.165 e. The molecule has 0 radical (unpaired) electrons. The molecule has 154 valence electrons. The van der Waals surface area contributed by atoms with Crippen LogP contribution in [0.2, 0.25) is 10.0 Å². The van der Waals surface area contributed by atoms with Gasteiger partial charge in [0.25, 0.3) is 0 Å². The Kier molecular flexibility index (Phi) is 5.63. The van der Waals surface area contributed by atoms with Gasteiger partial charge in [-0.15, -0.1) is 0 Å². The van der Waals surface area contributed by atoms with Gasteiger partial charge in [0.1, 0.15) is 11.6 Å². The number of methoxy groups -OCH3 is 1. The van der Waals surface area contributed by atoms with E-state index in [-0.39, 0.29) is 0 Å². The summed E-state index contributed by atoms with van der Waals surface area (Å²) in [6, 6.07) is 3.99. The maximum atomic E-state index is 6.61. The first-order chi connectivity index (χ1) is 14.0. The summed E-state index contributed by atoms with van der Waals surface area (Å²) in [5.74, 6) is 1.63. The van der Waals surface area contributed by atoms with Gasteiger partial charge in [-0.1, -0.05) is 37.0 Å². The van der Waals surface area contributed by atoms with E-state index in [1.807, 2.05) is 17.5 Å². The standard InChI is InChI=1S/C22H26Cl2N4O/c1-5-13(6-2)25-21-14-8-7-9-18(14)26-22-20(12(3)27-28(21)22)15-10-17(24)19(29-4)11-16(15)23/h10-11,13,25H,5-9H2,1-4H3. The molecule has 2 aromatic heterocycles. The highest BCUT2D eigenvalue weighted by Crippen LogP contribution is 2.41. The van der Waals surface area contributed by atoms with Crippen molar-refractivity contribution in [3.05, 3.63) is 39.1 Å². The molecule has 1 N–H and O–H groups in total. The van der Waals surface area contributed by atoms with Crippen molar-refractivity contribution < 1.29 is 4.74 Å². The summed E-state index contributed by atoms with van der Waals surface area (Å²) >= 11 is 13.0. The normalized spacial score (nSPS) is 13.3. The highest BCUT2D eigenvalue weighted by atomic mass is 35.5. The predicted molar refractivity (Wildman–Crippen MR) is 120 cm³/mol. The Labute approximate surface area is 181 Å². The smallest absolute Gasteiger partial charge is 0.165 e. The highest BCUT2D eigenvalue weighted by Gasteiger charge is 2.26. The summed E-state index contributed by atoms with van der Waals surface area (Å²) in [4.78, 5) is 5.01. The molecular weight excluding hydrogens is 407 g/mol. The van der Waals surface area contributed by atoms with Gasteiger partial charge in [0, 0.05) is 28.9 Å². The number of rotatable bonds is 6. The zero-order chi connectivity index (χ0) is 20.7. The molecule has 5 nitrogen and oxygen atoms in total. The lowest BCUT2D eigenvalue weighted by Gasteiger charge is -2.20. The van der Waals surface area contributed by atoms with Crippen LogP contribution in [0.25, 0.3) is 16.8 Å². The number of halogens is 2. The number of anilines is 1. The lowest BCUT2D eigenvalue weighted by molar-refractivity contribution is 0.415. The van der Waals surface area contributed by atoms with E-state index in [2.05, 4.69) is 19.2 Å². The third-order valence-corrected chi connectivity index (χ3v) is 6.41. The molecule has 0 bridgehead atoms. The van der Waals surface area contributed by atoms with Crippen LogP contribution >= 0.6 is 23.2 Å². The van der Waals surface area contributed by atoms with E-state index in [9.17, 15) is 0 Å². The van der Waals surface area contributed by atoms with E-state index in [0.717, 1.165) is 66.1 Å². The number of ether oxygens (including phenoxy) is 1. The van der Waals surface area contributed by atoms with Crippen molar-refractivity contribution in [2.24, 2.45) is 0 Å². The molecule has 1 aromatic carbocycles. The van der Waals surface area contributed by atoms with Crippen LogP contribution < -0.4 is 10.1 Å². The molecule has 1 aliphatic carbocycles. The first kappa shape index (κ1) is 20.3. The van der Waals surface area contributed by atoms with Crippen LogP contribution in [-0.2, 0) is 12.8 Å². The maximum absolute atomic E-state index is 6.61. The van der Waals surface area contributed by atoms with Gasteiger partial charge < -0.3 is 10.1 Å². The SMILES string of the molecule is CCC(CC)Nc1c2c(nc3c(-c4cc(Cl)c(OC)cc4Cl)c(C)nn13)CCC2. The highest BCUT2D eigenvalue weighted by molar-refractivity contribution is 6.36. The number of hydrogen-bond donors (Lipinski definition) is 1. The van der Waals surface area contributed by atoms with E-state index < -0.39 is 0 Å². The van der Waals surface area contributed by atoms with Crippen LogP contribution in [0.4, 0.5) is 5.82 Å². The fourth-order valence-corrected chi connectivity index (χ4v) is 4.65. The molecule has 0 atom stereocenters. The zero-order valence-electron chi connectivity index (χ0n) is 17.3. The number of aromatic nitrogens is 3. The molecule has 1 aliphatic rings. The van der Waals surface area contributed by atoms with Crippen molar-refractivity contribution in [2.45, 2.75) is 58.9 Å². The van der Waals surface area contributed by atoms with Gasteiger partial charge in [0.05, 0.1) is 28.4 Å². The predicted octanol–water partition coefficient (Wildman–Crippen LogP) is 6.11. The second kappa shape index (κ2) is 8.04. The Morgan fingerprint density at radius 3 is 2.62 bits per heavy atom. The van der Waals surface area contributed by atoms with Crippen LogP contribution in [0.1, 0.15) is 50.1 Å². The minimum atomic E-state index is 0.400. The first-order valence-electron chi connectivity index (χ1n) is 10.2. The Morgan fingerprint density at radius 1 is 1.17 bits per heavy atom. The minimum absolute atomic E-state index is 0.400. The summed E-state index contributed by atoms with van der Waals surface area (Å²) in [5, 5.41) is 9.69. The van der Waals surface area contributed by atoms with Crippen molar-refractivity contribution in [1.82, 2.24) is 14.6 Å². The molecule has 0 spiro atoms. The van der Waals surface area contributed by atoms with E-state index in [4.69, 9.17) is 38.0 Å². The molecule has 0 amide bonds. The monoisotopic (exact) mass is 432 g/mol. The lowest BCUT2D eigenvalue weighted by atomic mass is 10.1. The fourth-order valence-electron chi connectivity index (χ4n) is 4.16. The lowest BCUT2D eigenvalue weighted by Crippen LogP contribution is -2.21. The third-order valence-electron chi connectivity index (χ3n) is 5.80. The van der Waals surface area contributed by atoms with Crippen LogP contribution in [-0.4, -0.2) is 27.7 Å². The minimum Gasteiger partial charge on any atom is -0.495 e. The summed E-state index contributed by atoms with van der Waals surface area (Å²) in [6.07, 6.45) is 5.26. The van der Waals surface area contributed by atoms with E-state index in [0.29, 0.717) is 21.8 Å². The topological polar surface area (TPSA) is 51.5 Å².